The molecule has 0 aliphatic rings. The van der Waals surface area contributed by atoms with E-state index in [1.165, 1.54) is 17.8 Å². The first-order valence-corrected chi connectivity index (χ1v) is 7.09. The van der Waals surface area contributed by atoms with Crippen molar-refractivity contribution in [1.82, 2.24) is 15.2 Å². The zero-order valence-electron chi connectivity index (χ0n) is 13.0. The smallest absolute Gasteiger partial charge is 0.253 e. The summed E-state index contributed by atoms with van der Waals surface area (Å²) in [5.74, 6) is -0.846. The first-order valence-electron chi connectivity index (χ1n) is 7.09. The van der Waals surface area contributed by atoms with Crippen LogP contribution in [0.5, 0.6) is 0 Å². The van der Waals surface area contributed by atoms with Crippen LogP contribution in [0.2, 0.25) is 0 Å². The van der Waals surface area contributed by atoms with Gasteiger partial charge in [0.15, 0.2) is 0 Å². The normalized spacial score (nSPS) is 12.2. The number of nitrogens with one attached hydrogen (secondary N) is 1. The molecule has 4 nitrogen and oxygen atoms in total. The van der Waals surface area contributed by atoms with E-state index in [4.69, 9.17) is 0 Å². The van der Waals surface area contributed by atoms with Crippen LogP contribution in [0.1, 0.15) is 27.5 Å². The number of aromatic nitrogens is 1. The summed E-state index contributed by atoms with van der Waals surface area (Å²) in [5, 5.41) is 2.83. The van der Waals surface area contributed by atoms with Crippen molar-refractivity contribution in [2.45, 2.75) is 13.0 Å². The molecule has 1 amide bonds. The van der Waals surface area contributed by atoms with Crippen LogP contribution in [0.4, 0.5) is 4.39 Å². The summed E-state index contributed by atoms with van der Waals surface area (Å²) in [4.78, 5) is 17.8. The predicted molar refractivity (Wildman–Crippen MR) is 84.1 cm³/mol. The van der Waals surface area contributed by atoms with E-state index < -0.39 is 5.82 Å². The molecule has 0 aliphatic heterocycles. The van der Waals surface area contributed by atoms with Crippen molar-refractivity contribution < 1.29 is 9.18 Å². The van der Waals surface area contributed by atoms with Gasteiger partial charge in [-0.2, -0.15) is 0 Å². The maximum atomic E-state index is 13.1. The molecule has 0 spiro atoms. The number of amides is 1. The summed E-state index contributed by atoms with van der Waals surface area (Å²) < 4.78 is 13.1. The molecule has 1 N–H and O–H groups in total. The molecule has 5 heteroatoms. The quantitative estimate of drug-likeness (QED) is 0.923. The van der Waals surface area contributed by atoms with Crippen LogP contribution in [0.25, 0.3) is 0 Å². The van der Waals surface area contributed by atoms with E-state index in [2.05, 4.69) is 22.4 Å². The van der Waals surface area contributed by atoms with Crippen LogP contribution >= 0.6 is 0 Å². The summed E-state index contributed by atoms with van der Waals surface area (Å²) in [5.41, 5.74) is 2.53. The topological polar surface area (TPSA) is 45.2 Å². The molecular formula is C17H20FN3O. The molecule has 0 unspecified atom stereocenters. The second-order valence-corrected chi connectivity index (χ2v) is 5.49. The number of hydrogen-bond acceptors (Lipinski definition) is 3. The van der Waals surface area contributed by atoms with Gasteiger partial charge in [-0.05, 0) is 32.6 Å². The Morgan fingerprint density at radius 1 is 1.27 bits per heavy atom. The summed E-state index contributed by atoms with van der Waals surface area (Å²) >= 11 is 0. The summed E-state index contributed by atoms with van der Waals surface area (Å²) in [6.07, 6.45) is 2.43. The van der Waals surface area contributed by atoms with Gasteiger partial charge in [0.05, 0.1) is 17.8 Å². The lowest BCUT2D eigenvalue weighted by atomic mass is 10.0. The zero-order chi connectivity index (χ0) is 16.1. The molecule has 0 radical (unpaired) electrons. The monoisotopic (exact) mass is 301 g/mol. The highest BCUT2D eigenvalue weighted by molar-refractivity contribution is 5.93. The number of nitrogens with zero attached hydrogens (tertiary/aromatic N) is 2. The third-order valence-electron chi connectivity index (χ3n) is 3.51. The van der Waals surface area contributed by atoms with Crippen LogP contribution in [-0.4, -0.2) is 36.4 Å². The lowest BCUT2D eigenvalue weighted by Crippen LogP contribution is -2.34. The molecule has 0 saturated carbocycles. The molecule has 0 bridgehead atoms. The molecule has 2 rings (SSSR count). The second-order valence-electron chi connectivity index (χ2n) is 5.49. The molecule has 1 atom stereocenters. The van der Waals surface area contributed by atoms with Crippen molar-refractivity contribution >= 4 is 5.91 Å². The summed E-state index contributed by atoms with van der Waals surface area (Å²) in [7, 11) is 3.92. The summed E-state index contributed by atoms with van der Waals surface area (Å²) in [6, 6.07) is 9.42. The molecule has 1 aromatic heterocycles. The Hall–Kier alpha value is -2.27. The van der Waals surface area contributed by atoms with E-state index in [0.29, 0.717) is 6.54 Å². The van der Waals surface area contributed by atoms with Crippen LogP contribution in [-0.2, 0) is 0 Å². The zero-order valence-corrected chi connectivity index (χ0v) is 13.0. The lowest BCUT2D eigenvalue weighted by Gasteiger charge is -2.25. The maximum absolute atomic E-state index is 13.1. The maximum Gasteiger partial charge on any atom is 0.253 e. The number of halogens is 1. The van der Waals surface area contributed by atoms with Gasteiger partial charge in [-0.15, -0.1) is 0 Å². The van der Waals surface area contributed by atoms with Gasteiger partial charge < -0.3 is 10.2 Å². The highest BCUT2D eigenvalue weighted by Crippen LogP contribution is 2.18. The van der Waals surface area contributed by atoms with Gasteiger partial charge in [-0.25, -0.2) is 4.39 Å². The third-order valence-corrected chi connectivity index (χ3v) is 3.51. The van der Waals surface area contributed by atoms with E-state index in [-0.39, 0.29) is 17.5 Å². The fourth-order valence-corrected chi connectivity index (χ4v) is 2.21. The Bertz CT molecular complexity index is 641. The van der Waals surface area contributed by atoms with Crippen molar-refractivity contribution in [3.63, 3.8) is 0 Å². The van der Waals surface area contributed by atoms with Crippen LogP contribution in [0, 0.1) is 12.7 Å². The van der Waals surface area contributed by atoms with Crippen molar-refractivity contribution in [2.75, 3.05) is 20.6 Å². The van der Waals surface area contributed by atoms with Gasteiger partial charge in [0, 0.05) is 12.7 Å². The number of carbonyl (C=O) groups is 1. The molecule has 2 aromatic rings. The molecule has 0 fully saturated rings. The van der Waals surface area contributed by atoms with Crippen molar-refractivity contribution in [3.8, 4) is 0 Å². The van der Waals surface area contributed by atoms with E-state index in [1.54, 1.807) is 0 Å². The fourth-order valence-electron chi connectivity index (χ4n) is 2.21. The van der Waals surface area contributed by atoms with Crippen LogP contribution < -0.4 is 5.32 Å². The minimum Gasteiger partial charge on any atom is -0.350 e. The predicted octanol–water partition coefficient (Wildman–Crippen LogP) is 2.56. The number of benzene rings is 1. The van der Waals surface area contributed by atoms with E-state index in [1.807, 2.05) is 38.1 Å². The van der Waals surface area contributed by atoms with Gasteiger partial charge in [0.2, 0.25) is 0 Å². The minimum atomic E-state index is -0.518. The lowest BCUT2D eigenvalue weighted by molar-refractivity contribution is 0.0941. The van der Waals surface area contributed by atoms with Crippen molar-refractivity contribution in [3.05, 3.63) is 65.2 Å². The number of rotatable bonds is 5. The number of carbonyl (C=O) groups excluding carboxylic acids is 1. The van der Waals surface area contributed by atoms with E-state index >= 15 is 0 Å². The van der Waals surface area contributed by atoms with Crippen LogP contribution in [0.3, 0.4) is 0 Å². The highest BCUT2D eigenvalue weighted by atomic mass is 19.1. The molecule has 0 saturated heterocycles. The molecule has 116 valence electrons. The van der Waals surface area contributed by atoms with Gasteiger partial charge in [0.1, 0.15) is 5.82 Å². The Labute approximate surface area is 130 Å². The van der Waals surface area contributed by atoms with Crippen molar-refractivity contribution in [2.24, 2.45) is 0 Å². The number of pyridine rings is 1. The van der Waals surface area contributed by atoms with Crippen LogP contribution in [0.15, 0.2) is 42.7 Å². The Balaban J connectivity index is 2.06. The molecule has 1 aromatic carbocycles. The molecular weight excluding hydrogens is 281 g/mol. The second kappa shape index (κ2) is 7.13. The molecule has 0 aliphatic carbocycles. The first kappa shape index (κ1) is 16.1. The van der Waals surface area contributed by atoms with E-state index in [0.717, 1.165) is 11.8 Å². The number of hydrogen-bond donors (Lipinski definition) is 1. The number of likely N-dealkylation sites (N-methyl/N-ethyl adjacent to an activating group) is 1. The van der Waals surface area contributed by atoms with Crippen molar-refractivity contribution in [1.29, 1.82) is 0 Å². The highest BCUT2D eigenvalue weighted by Gasteiger charge is 2.16. The first-order chi connectivity index (χ1) is 10.5. The molecule has 1 heterocycles. The SMILES string of the molecule is Cc1ccc([C@@H](CNC(=O)c2cncc(F)c2)N(C)C)cc1. The average Bonchev–Trinajstić information content (AvgIpc) is 2.48. The van der Waals surface area contributed by atoms with E-state index in [9.17, 15) is 9.18 Å². The molecule has 22 heavy (non-hydrogen) atoms. The van der Waals surface area contributed by atoms with Gasteiger partial charge in [-0.1, -0.05) is 29.8 Å². The minimum absolute atomic E-state index is 0.0473. The Morgan fingerprint density at radius 3 is 2.55 bits per heavy atom. The average molecular weight is 301 g/mol. The van der Waals surface area contributed by atoms with Gasteiger partial charge >= 0.3 is 0 Å². The summed E-state index contributed by atoms with van der Waals surface area (Å²) in [6.45, 7) is 2.47. The largest absolute Gasteiger partial charge is 0.350 e. The number of aryl methyl sites for hydroxylation is 1. The van der Waals surface area contributed by atoms with Gasteiger partial charge in [-0.3, -0.25) is 9.78 Å². The third kappa shape index (κ3) is 4.11. The standard InChI is InChI=1S/C17H20FN3O/c1-12-4-6-13(7-5-12)16(21(2)3)11-20-17(22)14-8-15(18)10-19-9-14/h4-10,16H,11H2,1-3H3,(H,20,22)/t16-/m1/s1. The Morgan fingerprint density at radius 2 is 1.95 bits per heavy atom. The Kier molecular flexibility index (Phi) is 5.22. The fraction of sp³-hybridized carbons (Fsp3) is 0.294. The van der Waals surface area contributed by atoms with Gasteiger partial charge in [0.25, 0.3) is 5.91 Å².